The van der Waals surface area contributed by atoms with E-state index in [-0.39, 0.29) is 17.1 Å². The normalized spacial score (nSPS) is 11.6. The summed E-state index contributed by atoms with van der Waals surface area (Å²) in [7, 11) is 0. The first-order chi connectivity index (χ1) is 12.0. The van der Waals surface area contributed by atoms with E-state index in [9.17, 15) is 9.59 Å². The van der Waals surface area contributed by atoms with Crippen LogP contribution in [0.15, 0.2) is 59.5 Å². The maximum atomic E-state index is 12.3. The Kier molecular flexibility index (Phi) is 7.07. The van der Waals surface area contributed by atoms with Crippen molar-refractivity contribution in [1.29, 1.82) is 0 Å². The lowest BCUT2D eigenvalue weighted by molar-refractivity contribution is -0.115. The third kappa shape index (κ3) is 5.36. The molecule has 0 saturated carbocycles. The number of nitrogens with zero attached hydrogens (tertiary/aromatic N) is 1. The fourth-order valence-electron chi connectivity index (χ4n) is 2.39. The van der Waals surface area contributed by atoms with Crippen LogP contribution >= 0.6 is 11.8 Å². The number of carbonyl (C=O) groups is 2. The number of nitrogens with one attached hydrogen (secondary N) is 1. The number of hydrogen-bond donors (Lipinski definition) is 1. The summed E-state index contributed by atoms with van der Waals surface area (Å²) < 4.78 is 0. The van der Waals surface area contributed by atoms with Crippen LogP contribution in [-0.4, -0.2) is 35.1 Å². The van der Waals surface area contributed by atoms with Gasteiger partial charge in [-0.1, -0.05) is 18.2 Å². The van der Waals surface area contributed by atoms with Gasteiger partial charge in [0.25, 0.3) is 5.91 Å². The van der Waals surface area contributed by atoms with Crippen LogP contribution in [-0.2, 0) is 4.79 Å². The summed E-state index contributed by atoms with van der Waals surface area (Å²) in [6.45, 7) is 7.17. The molecule has 2 aromatic rings. The summed E-state index contributed by atoms with van der Waals surface area (Å²) in [4.78, 5) is 27.4. The van der Waals surface area contributed by atoms with Gasteiger partial charge in [-0.25, -0.2) is 0 Å². The van der Waals surface area contributed by atoms with Gasteiger partial charge in [0.2, 0.25) is 5.91 Å². The smallest absolute Gasteiger partial charge is 0.253 e. The van der Waals surface area contributed by atoms with Crippen LogP contribution in [0.25, 0.3) is 0 Å². The van der Waals surface area contributed by atoms with Gasteiger partial charge >= 0.3 is 0 Å². The first-order valence-corrected chi connectivity index (χ1v) is 9.35. The van der Waals surface area contributed by atoms with Gasteiger partial charge in [0.1, 0.15) is 0 Å². The molecular weight excluding hydrogens is 332 g/mol. The van der Waals surface area contributed by atoms with Crippen LogP contribution in [0.3, 0.4) is 0 Å². The average Bonchev–Trinajstić information content (AvgIpc) is 2.64. The number of rotatable bonds is 7. The minimum Gasteiger partial charge on any atom is -0.339 e. The molecule has 1 atom stereocenters. The molecule has 132 valence electrons. The van der Waals surface area contributed by atoms with E-state index in [2.05, 4.69) is 5.32 Å². The molecule has 0 aliphatic rings. The molecule has 0 aliphatic heterocycles. The zero-order valence-corrected chi connectivity index (χ0v) is 15.7. The topological polar surface area (TPSA) is 49.4 Å². The molecule has 0 radical (unpaired) electrons. The Morgan fingerprint density at radius 3 is 2.16 bits per heavy atom. The number of thioether (sulfide) groups is 1. The molecule has 1 N–H and O–H groups in total. The summed E-state index contributed by atoms with van der Waals surface area (Å²) in [5.41, 5.74) is 1.33. The molecule has 0 aliphatic carbocycles. The van der Waals surface area contributed by atoms with Gasteiger partial charge in [0, 0.05) is 29.2 Å². The Bertz CT molecular complexity index is 697. The third-order valence-electron chi connectivity index (χ3n) is 3.88. The number of carbonyl (C=O) groups excluding carboxylic acids is 2. The van der Waals surface area contributed by atoms with Crippen molar-refractivity contribution in [2.24, 2.45) is 0 Å². The molecule has 0 aromatic heterocycles. The molecule has 25 heavy (non-hydrogen) atoms. The van der Waals surface area contributed by atoms with E-state index in [1.807, 2.05) is 51.1 Å². The maximum absolute atomic E-state index is 12.3. The van der Waals surface area contributed by atoms with Crippen LogP contribution in [0, 0.1) is 0 Å². The zero-order valence-electron chi connectivity index (χ0n) is 14.9. The molecule has 4 nitrogen and oxygen atoms in total. The highest BCUT2D eigenvalue weighted by Crippen LogP contribution is 2.23. The molecule has 2 rings (SSSR count). The molecule has 2 aromatic carbocycles. The Balaban J connectivity index is 1.96. The van der Waals surface area contributed by atoms with Gasteiger partial charge in [-0.3, -0.25) is 9.59 Å². The molecule has 0 spiro atoms. The quantitative estimate of drug-likeness (QED) is 0.753. The summed E-state index contributed by atoms with van der Waals surface area (Å²) in [5.74, 6) is -0.0486. The van der Waals surface area contributed by atoms with Crippen molar-refractivity contribution >= 4 is 29.3 Å². The third-order valence-corrected chi connectivity index (χ3v) is 4.99. The SMILES string of the molecule is CCN(CC)C(=O)c1ccc(NC(=O)[C@H](C)Sc2ccccc2)cc1. The van der Waals surface area contributed by atoms with Crippen molar-refractivity contribution in [3.8, 4) is 0 Å². The number of hydrogen-bond acceptors (Lipinski definition) is 3. The summed E-state index contributed by atoms with van der Waals surface area (Å²) in [6, 6.07) is 16.9. The van der Waals surface area contributed by atoms with Crippen molar-refractivity contribution < 1.29 is 9.59 Å². The Hall–Kier alpha value is -2.27. The van der Waals surface area contributed by atoms with Crippen molar-refractivity contribution in [3.63, 3.8) is 0 Å². The number of anilines is 1. The van der Waals surface area contributed by atoms with E-state index in [0.717, 1.165) is 4.90 Å². The molecule has 0 heterocycles. The Morgan fingerprint density at radius 1 is 1.00 bits per heavy atom. The first kappa shape index (κ1) is 19.1. The van der Waals surface area contributed by atoms with E-state index < -0.39 is 0 Å². The second kappa shape index (κ2) is 9.28. The van der Waals surface area contributed by atoms with Crippen LogP contribution in [0.1, 0.15) is 31.1 Å². The molecule has 2 amide bonds. The second-order valence-electron chi connectivity index (χ2n) is 5.62. The van der Waals surface area contributed by atoms with Crippen LogP contribution in [0.5, 0.6) is 0 Å². The monoisotopic (exact) mass is 356 g/mol. The van der Waals surface area contributed by atoms with Gasteiger partial charge in [-0.15, -0.1) is 11.8 Å². The van der Waals surface area contributed by atoms with Crippen molar-refractivity contribution in [3.05, 3.63) is 60.2 Å². The lowest BCUT2D eigenvalue weighted by atomic mass is 10.1. The molecule has 0 bridgehead atoms. The van der Waals surface area contributed by atoms with E-state index in [1.165, 1.54) is 11.8 Å². The van der Waals surface area contributed by atoms with Crippen molar-refractivity contribution in [2.45, 2.75) is 30.9 Å². The molecule has 0 fully saturated rings. The molecule has 0 saturated heterocycles. The molecular formula is C20H24N2O2S. The zero-order chi connectivity index (χ0) is 18.2. The van der Waals surface area contributed by atoms with E-state index >= 15 is 0 Å². The van der Waals surface area contributed by atoms with Gasteiger partial charge in [-0.05, 0) is 57.2 Å². The molecule has 5 heteroatoms. The van der Waals surface area contributed by atoms with Gasteiger partial charge < -0.3 is 10.2 Å². The van der Waals surface area contributed by atoms with Crippen LogP contribution in [0.4, 0.5) is 5.69 Å². The minimum absolute atomic E-state index is 0.0101. The summed E-state index contributed by atoms with van der Waals surface area (Å²) in [5, 5.41) is 2.69. The average molecular weight is 356 g/mol. The molecule has 0 unspecified atom stereocenters. The van der Waals surface area contributed by atoms with Crippen LogP contribution in [0.2, 0.25) is 0 Å². The van der Waals surface area contributed by atoms with Gasteiger partial charge in [-0.2, -0.15) is 0 Å². The highest BCUT2D eigenvalue weighted by molar-refractivity contribution is 8.00. The number of benzene rings is 2. The standard InChI is InChI=1S/C20H24N2O2S/c1-4-22(5-2)20(24)16-11-13-17(14-12-16)21-19(23)15(3)25-18-9-7-6-8-10-18/h6-15H,4-5H2,1-3H3,(H,21,23)/t15-/m0/s1. The fourth-order valence-corrected chi connectivity index (χ4v) is 3.28. The Labute approximate surface area is 153 Å². The summed E-state index contributed by atoms with van der Waals surface area (Å²) in [6.07, 6.45) is 0. The lowest BCUT2D eigenvalue weighted by Crippen LogP contribution is -2.30. The lowest BCUT2D eigenvalue weighted by Gasteiger charge is -2.18. The van der Waals surface area contributed by atoms with Crippen molar-refractivity contribution in [2.75, 3.05) is 18.4 Å². The van der Waals surface area contributed by atoms with Gasteiger partial charge in [0.15, 0.2) is 0 Å². The number of amides is 2. The fraction of sp³-hybridized carbons (Fsp3) is 0.300. The van der Waals surface area contributed by atoms with Gasteiger partial charge in [0.05, 0.1) is 5.25 Å². The maximum Gasteiger partial charge on any atom is 0.253 e. The predicted molar refractivity (Wildman–Crippen MR) is 104 cm³/mol. The first-order valence-electron chi connectivity index (χ1n) is 8.47. The summed E-state index contributed by atoms with van der Waals surface area (Å²) >= 11 is 1.52. The predicted octanol–water partition coefficient (Wildman–Crippen LogP) is 4.29. The Morgan fingerprint density at radius 2 is 1.60 bits per heavy atom. The second-order valence-corrected chi connectivity index (χ2v) is 7.03. The van der Waals surface area contributed by atoms with Crippen molar-refractivity contribution in [1.82, 2.24) is 4.90 Å². The highest BCUT2D eigenvalue weighted by atomic mass is 32.2. The van der Waals surface area contributed by atoms with E-state index in [4.69, 9.17) is 0 Å². The van der Waals surface area contributed by atoms with E-state index in [1.54, 1.807) is 29.2 Å². The van der Waals surface area contributed by atoms with E-state index in [0.29, 0.717) is 24.3 Å². The largest absolute Gasteiger partial charge is 0.339 e. The minimum atomic E-state index is -0.209. The highest BCUT2D eigenvalue weighted by Gasteiger charge is 2.15. The van der Waals surface area contributed by atoms with Crippen LogP contribution < -0.4 is 5.32 Å².